The van der Waals surface area contributed by atoms with Gasteiger partial charge >= 0.3 is 0 Å². The molecule has 0 atom stereocenters. The summed E-state index contributed by atoms with van der Waals surface area (Å²) in [4.78, 5) is 9.20. The van der Waals surface area contributed by atoms with Crippen molar-refractivity contribution in [3.05, 3.63) is 45.9 Å². The number of aliphatic imine (C=N–C) groups is 1. The molecule has 0 aliphatic heterocycles. The zero-order chi connectivity index (χ0) is 21.5. The van der Waals surface area contributed by atoms with Crippen LogP contribution in [-0.2, 0) is 21.7 Å². The molecule has 0 spiro atoms. The molecule has 0 radical (unpaired) electrons. The molecule has 0 saturated heterocycles. The Morgan fingerprint density at radius 3 is 2.37 bits per heavy atom. The number of aromatic nitrogens is 1. The number of guanidine groups is 1. The van der Waals surface area contributed by atoms with E-state index in [1.165, 1.54) is 0 Å². The second-order valence-electron chi connectivity index (χ2n) is 7.89. The van der Waals surface area contributed by atoms with E-state index in [0.29, 0.717) is 23.9 Å². The van der Waals surface area contributed by atoms with Crippen LogP contribution in [0.25, 0.3) is 0 Å². The molecule has 30 heavy (non-hydrogen) atoms. The zero-order valence-corrected chi connectivity index (χ0v) is 22.3. The van der Waals surface area contributed by atoms with Gasteiger partial charge in [0.15, 0.2) is 15.8 Å². The van der Waals surface area contributed by atoms with Gasteiger partial charge in [-0.3, -0.25) is 4.99 Å². The van der Waals surface area contributed by atoms with Crippen molar-refractivity contribution in [3.8, 4) is 0 Å². The standard InChI is InChI=1S/C21H32N4O2S2.HI/c1-6-22-20(23-12-11-18-15-28-16(2)25-18)24-13-14-29(26,27)19-9-7-17(8-10-19)21(3,4)5;/h7-10,15H,6,11-14H2,1-5H3,(H2,22,23,24);1H. The molecule has 2 aromatic rings. The molecule has 168 valence electrons. The third-order valence-electron chi connectivity index (χ3n) is 4.39. The number of rotatable bonds is 8. The van der Waals surface area contributed by atoms with E-state index in [1.54, 1.807) is 23.5 Å². The topological polar surface area (TPSA) is 83.5 Å². The number of halogens is 1. The molecule has 0 saturated carbocycles. The number of nitrogens with zero attached hydrogens (tertiary/aromatic N) is 2. The number of sulfone groups is 1. The fraction of sp³-hybridized carbons (Fsp3) is 0.524. The van der Waals surface area contributed by atoms with Crippen molar-refractivity contribution in [1.29, 1.82) is 0 Å². The first-order chi connectivity index (χ1) is 13.6. The molecule has 1 aromatic heterocycles. The monoisotopic (exact) mass is 564 g/mol. The Balaban J connectivity index is 0.00000450. The minimum Gasteiger partial charge on any atom is -0.357 e. The second-order valence-corrected chi connectivity index (χ2v) is 11.1. The summed E-state index contributed by atoms with van der Waals surface area (Å²) in [7, 11) is -3.37. The van der Waals surface area contributed by atoms with E-state index in [2.05, 4.69) is 46.8 Å². The molecule has 1 heterocycles. The number of nitrogens with one attached hydrogen (secondary N) is 2. The van der Waals surface area contributed by atoms with Crippen LogP contribution in [0.15, 0.2) is 39.5 Å². The first kappa shape index (κ1) is 26.8. The van der Waals surface area contributed by atoms with Gasteiger partial charge in [0.1, 0.15) is 0 Å². The molecule has 9 heteroatoms. The van der Waals surface area contributed by atoms with Crippen LogP contribution in [0.1, 0.15) is 44.0 Å². The fourth-order valence-electron chi connectivity index (χ4n) is 2.73. The average molecular weight is 565 g/mol. The molecule has 0 bridgehead atoms. The summed E-state index contributed by atoms with van der Waals surface area (Å²) in [5.41, 5.74) is 2.16. The third kappa shape index (κ3) is 8.50. The van der Waals surface area contributed by atoms with E-state index in [9.17, 15) is 8.42 Å². The van der Waals surface area contributed by atoms with Gasteiger partial charge in [-0.15, -0.1) is 35.3 Å². The lowest BCUT2D eigenvalue weighted by atomic mass is 9.87. The summed E-state index contributed by atoms with van der Waals surface area (Å²) in [5, 5.41) is 9.50. The van der Waals surface area contributed by atoms with E-state index in [-0.39, 0.29) is 41.7 Å². The van der Waals surface area contributed by atoms with Crippen molar-refractivity contribution in [2.45, 2.75) is 51.3 Å². The number of benzene rings is 1. The molecular formula is C21H33IN4O2S2. The van der Waals surface area contributed by atoms with Gasteiger partial charge in [0.05, 0.1) is 27.9 Å². The molecule has 2 rings (SSSR count). The molecule has 0 aliphatic carbocycles. The SMILES string of the molecule is CCNC(=NCCS(=O)(=O)c1ccc(C(C)(C)C)cc1)NCCc1csc(C)n1.I. The summed E-state index contributed by atoms with van der Waals surface area (Å²) < 4.78 is 25.2. The van der Waals surface area contributed by atoms with Gasteiger partial charge in [-0.05, 0) is 37.0 Å². The van der Waals surface area contributed by atoms with E-state index >= 15 is 0 Å². The van der Waals surface area contributed by atoms with Crippen LogP contribution in [0, 0.1) is 6.92 Å². The highest BCUT2D eigenvalue weighted by Crippen LogP contribution is 2.23. The average Bonchev–Trinajstić information content (AvgIpc) is 3.06. The first-order valence-corrected chi connectivity index (χ1v) is 12.4. The van der Waals surface area contributed by atoms with Gasteiger partial charge in [-0.1, -0.05) is 32.9 Å². The Morgan fingerprint density at radius 1 is 1.17 bits per heavy atom. The van der Waals surface area contributed by atoms with Crippen LogP contribution >= 0.6 is 35.3 Å². The van der Waals surface area contributed by atoms with Crippen LogP contribution in [0.4, 0.5) is 0 Å². The minimum atomic E-state index is -3.37. The van der Waals surface area contributed by atoms with Gasteiger partial charge in [-0.2, -0.15) is 0 Å². The molecule has 0 aliphatic rings. The lowest BCUT2D eigenvalue weighted by Crippen LogP contribution is -2.38. The van der Waals surface area contributed by atoms with Crippen molar-refractivity contribution < 1.29 is 8.42 Å². The molecule has 0 amide bonds. The quantitative estimate of drug-likeness (QED) is 0.289. The maximum Gasteiger partial charge on any atom is 0.191 e. The minimum absolute atomic E-state index is 0. The predicted molar refractivity (Wildman–Crippen MR) is 137 cm³/mol. The highest BCUT2D eigenvalue weighted by atomic mass is 127. The van der Waals surface area contributed by atoms with Crippen molar-refractivity contribution in [3.63, 3.8) is 0 Å². The maximum atomic E-state index is 12.6. The molecule has 0 unspecified atom stereocenters. The maximum absolute atomic E-state index is 12.6. The summed E-state index contributed by atoms with van der Waals surface area (Å²) in [6, 6.07) is 7.17. The molecule has 6 nitrogen and oxygen atoms in total. The zero-order valence-electron chi connectivity index (χ0n) is 18.4. The normalized spacial score (nSPS) is 12.4. The van der Waals surface area contributed by atoms with E-state index < -0.39 is 9.84 Å². The van der Waals surface area contributed by atoms with Gasteiger partial charge in [-0.25, -0.2) is 13.4 Å². The van der Waals surface area contributed by atoms with Crippen LogP contribution in [-0.4, -0.2) is 44.7 Å². The number of thiazole rings is 1. The van der Waals surface area contributed by atoms with Gasteiger partial charge in [0.25, 0.3) is 0 Å². The van der Waals surface area contributed by atoms with Crippen LogP contribution in [0.5, 0.6) is 0 Å². The van der Waals surface area contributed by atoms with Crippen molar-refractivity contribution >= 4 is 51.1 Å². The van der Waals surface area contributed by atoms with E-state index in [4.69, 9.17) is 0 Å². The van der Waals surface area contributed by atoms with E-state index in [0.717, 1.165) is 22.7 Å². The molecule has 0 fully saturated rings. The number of hydrogen-bond acceptors (Lipinski definition) is 5. The van der Waals surface area contributed by atoms with Crippen LogP contribution < -0.4 is 10.6 Å². The van der Waals surface area contributed by atoms with E-state index in [1.807, 2.05) is 26.0 Å². The molecule has 2 N–H and O–H groups in total. The Labute approximate surface area is 201 Å². The lowest BCUT2D eigenvalue weighted by Gasteiger charge is -2.19. The first-order valence-electron chi connectivity index (χ1n) is 9.88. The Hall–Kier alpha value is -1.20. The Morgan fingerprint density at radius 2 is 1.83 bits per heavy atom. The summed E-state index contributed by atoms with van der Waals surface area (Å²) in [6.45, 7) is 11.9. The smallest absolute Gasteiger partial charge is 0.191 e. The highest BCUT2D eigenvalue weighted by molar-refractivity contribution is 14.0. The van der Waals surface area contributed by atoms with Gasteiger partial charge in [0.2, 0.25) is 0 Å². The van der Waals surface area contributed by atoms with Crippen molar-refractivity contribution in [2.24, 2.45) is 4.99 Å². The predicted octanol–water partition coefficient (Wildman–Crippen LogP) is 3.94. The summed E-state index contributed by atoms with van der Waals surface area (Å²) in [6.07, 6.45) is 0.799. The number of aryl methyl sites for hydroxylation is 1. The van der Waals surface area contributed by atoms with Crippen LogP contribution in [0.3, 0.4) is 0 Å². The summed E-state index contributed by atoms with van der Waals surface area (Å²) in [5.74, 6) is 0.599. The third-order valence-corrected chi connectivity index (χ3v) is 6.93. The largest absolute Gasteiger partial charge is 0.357 e. The van der Waals surface area contributed by atoms with Crippen molar-refractivity contribution in [1.82, 2.24) is 15.6 Å². The molecule has 1 aromatic carbocycles. The van der Waals surface area contributed by atoms with Gasteiger partial charge in [0, 0.05) is 24.9 Å². The van der Waals surface area contributed by atoms with Gasteiger partial charge < -0.3 is 10.6 Å². The lowest BCUT2D eigenvalue weighted by molar-refractivity contribution is 0.586. The second kappa shape index (κ2) is 12.0. The summed E-state index contributed by atoms with van der Waals surface area (Å²) >= 11 is 1.64. The highest BCUT2D eigenvalue weighted by Gasteiger charge is 2.17. The van der Waals surface area contributed by atoms with Crippen molar-refractivity contribution in [2.75, 3.05) is 25.4 Å². The Bertz CT molecular complexity index is 917. The Kier molecular flexibility index (Phi) is 10.7. The number of hydrogen-bond donors (Lipinski definition) is 2. The fourth-order valence-corrected chi connectivity index (χ4v) is 4.50. The van der Waals surface area contributed by atoms with Crippen LogP contribution in [0.2, 0.25) is 0 Å². The molecular weight excluding hydrogens is 531 g/mol.